The van der Waals surface area contributed by atoms with E-state index in [0.29, 0.717) is 35.2 Å². The van der Waals surface area contributed by atoms with Crippen LogP contribution in [0.3, 0.4) is 0 Å². The third-order valence-corrected chi connectivity index (χ3v) is 5.58. The number of ether oxygens (including phenoxy) is 2. The minimum Gasteiger partial charge on any atom is -0.493 e. The molecule has 1 amide bonds. The molecule has 1 aliphatic rings. The van der Waals surface area contributed by atoms with Gasteiger partial charge < -0.3 is 19.2 Å². The molecule has 1 aliphatic heterocycles. The molecule has 0 bridgehead atoms. The average molecular weight is 388 g/mol. The van der Waals surface area contributed by atoms with Gasteiger partial charge in [-0.1, -0.05) is 6.92 Å². The lowest BCUT2D eigenvalue weighted by Gasteiger charge is -2.22. The summed E-state index contributed by atoms with van der Waals surface area (Å²) in [5.74, 6) is 0.690. The van der Waals surface area contributed by atoms with Crippen molar-refractivity contribution in [1.82, 2.24) is 10.2 Å². The first-order valence-corrected chi connectivity index (χ1v) is 9.68. The lowest BCUT2D eigenvalue weighted by molar-refractivity contribution is -0.120. The minimum absolute atomic E-state index is 0.00268. The van der Waals surface area contributed by atoms with Gasteiger partial charge in [0.25, 0.3) is 0 Å². The summed E-state index contributed by atoms with van der Waals surface area (Å²) < 4.78 is 16.1. The van der Waals surface area contributed by atoms with Crippen molar-refractivity contribution < 1.29 is 18.7 Å². The monoisotopic (exact) mass is 388 g/mol. The van der Waals surface area contributed by atoms with Gasteiger partial charge in [0.2, 0.25) is 11.7 Å². The Morgan fingerprint density at radius 1 is 1.32 bits per heavy atom. The van der Waals surface area contributed by atoms with Crippen LogP contribution in [0.25, 0.3) is 11.0 Å². The third-order valence-electron chi connectivity index (χ3n) is 5.58. The van der Waals surface area contributed by atoms with Gasteiger partial charge in [0, 0.05) is 18.0 Å². The minimum atomic E-state index is -0.525. The van der Waals surface area contributed by atoms with Gasteiger partial charge in [-0.2, -0.15) is 0 Å². The molecule has 1 atom stereocenters. The number of hydrogen-bond donors (Lipinski definition) is 1. The molecule has 0 radical (unpaired) electrons. The second-order valence-corrected chi connectivity index (χ2v) is 7.08. The molecule has 1 fully saturated rings. The number of methoxy groups -OCH3 is 2. The normalized spacial score (nSPS) is 17.1. The summed E-state index contributed by atoms with van der Waals surface area (Å²) in [4.78, 5) is 27.4. The number of likely N-dealkylation sites (N-methyl/N-ethyl adjacent to an activating group) is 1. The van der Waals surface area contributed by atoms with Crippen LogP contribution < -0.4 is 20.4 Å². The van der Waals surface area contributed by atoms with Crippen molar-refractivity contribution in [1.29, 1.82) is 0 Å². The van der Waals surface area contributed by atoms with E-state index in [9.17, 15) is 9.59 Å². The van der Waals surface area contributed by atoms with E-state index < -0.39 is 5.63 Å². The van der Waals surface area contributed by atoms with Crippen LogP contribution in [0.2, 0.25) is 0 Å². The van der Waals surface area contributed by atoms with Gasteiger partial charge in [-0.3, -0.25) is 9.69 Å². The van der Waals surface area contributed by atoms with Crippen LogP contribution >= 0.6 is 0 Å². The number of hydrogen-bond acceptors (Lipinski definition) is 6. The summed E-state index contributed by atoms with van der Waals surface area (Å²) >= 11 is 0. The van der Waals surface area contributed by atoms with Crippen molar-refractivity contribution in [3.8, 4) is 11.5 Å². The standard InChI is InChI=1S/C21H28N2O5/c1-5-23-10-6-7-14(23)12-22-18(24)11-16-13(2)15-8-9-17(26-3)20(27-4)19(15)28-21(16)25/h8-9,14H,5-7,10-12H2,1-4H3,(H,22,24)/t14-/m1/s1. The molecule has 1 N–H and O–H groups in total. The smallest absolute Gasteiger partial charge is 0.340 e. The maximum Gasteiger partial charge on any atom is 0.340 e. The van der Waals surface area contributed by atoms with Gasteiger partial charge in [0.1, 0.15) is 0 Å². The van der Waals surface area contributed by atoms with Crippen LogP contribution in [-0.4, -0.2) is 50.7 Å². The average Bonchev–Trinajstić information content (AvgIpc) is 3.16. The second kappa shape index (κ2) is 8.65. The van der Waals surface area contributed by atoms with E-state index in [0.717, 1.165) is 36.9 Å². The van der Waals surface area contributed by atoms with Crippen LogP contribution in [0.4, 0.5) is 0 Å². The Morgan fingerprint density at radius 2 is 2.11 bits per heavy atom. The highest BCUT2D eigenvalue weighted by Gasteiger charge is 2.24. The predicted octanol–water partition coefficient (Wildman–Crippen LogP) is 2.26. The highest BCUT2D eigenvalue weighted by Crippen LogP contribution is 2.36. The Balaban J connectivity index is 1.81. The first-order chi connectivity index (χ1) is 13.5. The maximum atomic E-state index is 12.6. The quantitative estimate of drug-likeness (QED) is 0.733. The summed E-state index contributed by atoms with van der Waals surface area (Å²) in [6.07, 6.45) is 2.25. The number of benzene rings is 1. The van der Waals surface area contributed by atoms with Gasteiger partial charge in [-0.05, 0) is 50.6 Å². The molecule has 0 saturated carbocycles. The van der Waals surface area contributed by atoms with E-state index in [1.54, 1.807) is 6.07 Å². The molecular formula is C21H28N2O5. The molecule has 0 spiro atoms. The Labute approximate surface area is 164 Å². The molecule has 28 heavy (non-hydrogen) atoms. The van der Waals surface area contributed by atoms with Crippen molar-refractivity contribution >= 4 is 16.9 Å². The van der Waals surface area contributed by atoms with Gasteiger partial charge in [-0.25, -0.2) is 4.79 Å². The SMILES string of the molecule is CCN1CCC[C@@H]1CNC(=O)Cc1c(C)c2ccc(OC)c(OC)c2oc1=O. The number of fused-ring (bicyclic) bond motifs is 1. The van der Waals surface area contributed by atoms with Gasteiger partial charge in [-0.15, -0.1) is 0 Å². The van der Waals surface area contributed by atoms with E-state index in [2.05, 4.69) is 17.1 Å². The zero-order chi connectivity index (χ0) is 20.3. The van der Waals surface area contributed by atoms with Gasteiger partial charge >= 0.3 is 5.63 Å². The van der Waals surface area contributed by atoms with Crippen molar-refractivity contribution in [2.75, 3.05) is 33.9 Å². The topological polar surface area (TPSA) is 81.0 Å². The van der Waals surface area contributed by atoms with Crippen molar-refractivity contribution in [3.05, 3.63) is 33.7 Å². The van der Waals surface area contributed by atoms with Crippen molar-refractivity contribution in [3.63, 3.8) is 0 Å². The molecule has 1 saturated heterocycles. The van der Waals surface area contributed by atoms with Crippen molar-refractivity contribution in [2.24, 2.45) is 0 Å². The number of rotatable bonds is 7. The Bertz CT molecular complexity index is 921. The summed E-state index contributed by atoms with van der Waals surface area (Å²) in [7, 11) is 3.02. The van der Waals surface area contributed by atoms with E-state index >= 15 is 0 Å². The number of likely N-dealkylation sites (tertiary alicyclic amines) is 1. The van der Waals surface area contributed by atoms with Crippen LogP contribution in [0.15, 0.2) is 21.3 Å². The molecule has 0 unspecified atom stereocenters. The molecule has 7 nitrogen and oxygen atoms in total. The van der Waals surface area contributed by atoms with Crippen LogP contribution in [0.1, 0.15) is 30.9 Å². The Hall–Kier alpha value is -2.54. The summed E-state index contributed by atoms with van der Waals surface area (Å²) in [6, 6.07) is 3.95. The van der Waals surface area contributed by atoms with E-state index in [-0.39, 0.29) is 12.3 Å². The number of amides is 1. The predicted molar refractivity (Wildman–Crippen MR) is 107 cm³/mol. The van der Waals surface area contributed by atoms with Crippen LogP contribution in [0, 0.1) is 6.92 Å². The molecule has 2 aromatic rings. The molecule has 3 rings (SSSR count). The molecule has 0 aliphatic carbocycles. The van der Waals surface area contributed by atoms with Crippen LogP contribution in [-0.2, 0) is 11.2 Å². The van der Waals surface area contributed by atoms with E-state index in [4.69, 9.17) is 13.9 Å². The van der Waals surface area contributed by atoms with E-state index in [1.807, 2.05) is 13.0 Å². The largest absolute Gasteiger partial charge is 0.493 e. The zero-order valence-electron chi connectivity index (χ0n) is 17.0. The molecule has 2 heterocycles. The Kier molecular flexibility index (Phi) is 6.24. The molecular weight excluding hydrogens is 360 g/mol. The first-order valence-electron chi connectivity index (χ1n) is 9.68. The molecule has 152 valence electrons. The van der Waals surface area contributed by atoms with Gasteiger partial charge in [0.15, 0.2) is 11.3 Å². The maximum absolute atomic E-state index is 12.6. The number of aryl methyl sites for hydroxylation is 1. The lowest BCUT2D eigenvalue weighted by Crippen LogP contribution is -2.40. The lowest BCUT2D eigenvalue weighted by atomic mass is 10.0. The third kappa shape index (κ3) is 3.85. The first kappa shape index (κ1) is 20.2. The fourth-order valence-electron chi connectivity index (χ4n) is 3.97. The highest BCUT2D eigenvalue weighted by atomic mass is 16.5. The fourth-order valence-corrected chi connectivity index (χ4v) is 3.97. The number of nitrogens with one attached hydrogen (secondary N) is 1. The van der Waals surface area contributed by atoms with Crippen molar-refractivity contribution in [2.45, 2.75) is 39.2 Å². The van der Waals surface area contributed by atoms with E-state index in [1.165, 1.54) is 14.2 Å². The number of nitrogens with zero attached hydrogens (tertiary/aromatic N) is 1. The Morgan fingerprint density at radius 3 is 2.79 bits per heavy atom. The van der Waals surface area contributed by atoms with Crippen LogP contribution in [0.5, 0.6) is 11.5 Å². The molecule has 1 aromatic heterocycles. The number of carbonyl (C=O) groups excluding carboxylic acids is 1. The summed E-state index contributed by atoms with van der Waals surface area (Å²) in [5, 5.41) is 3.70. The van der Waals surface area contributed by atoms with Gasteiger partial charge in [0.05, 0.1) is 26.2 Å². The molecule has 7 heteroatoms. The second-order valence-electron chi connectivity index (χ2n) is 7.08. The summed E-state index contributed by atoms with van der Waals surface area (Å²) in [5.41, 5.74) is 0.898. The highest BCUT2D eigenvalue weighted by molar-refractivity contribution is 5.89. The zero-order valence-corrected chi connectivity index (χ0v) is 17.0. The number of carbonyl (C=O) groups is 1. The fraction of sp³-hybridized carbons (Fsp3) is 0.524. The molecule has 1 aromatic carbocycles. The summed E-state index contributed by atoms with van der Waals surface area (Å²) in [6.45, 7) is 6.63.